The van der Waals surface area contributed by atoms with Gasteiger partial charge in [0.2, 0.25) is 0 Å². The van der Waals surface area contributed by atoms with E-state index in [1.165, 1.54) is 5.56 Å². The van der Waals surface area contributed by atoms with Crippen molar-refractivity contribution in [2.45, 2.75) is 6.42 Å². The van der Waals surface area contributed by atoms with Crippen molar-refractivity contribution in [2.75, 3.05) is 6.54 Å². The van der Waals surface area contributed by atoms with Crippen LogP contribution in [0.25, 0.3) is 0 Å². The first-order chi connectivity index (χ1) is 8.77. The Kier molecular flexibility index (Phi) is 4.25. The van der Waals surface area contributed by atoms with E-state index in [0.29, 0.717) is 16.7 Å². The van der Waals surface area contributed by atoms with Gasteiger partial charge in [-0.1, -0.05) is 42.5 Å². The van der Waals surface area contributed by atoms with Gasteiger partial charge in [0.05, 0.1) is 5.56 Å². The van der Waals surface area contributed by atoms with Crippen LogP contribution in [0.2, 0.25) is 0 Å². The van der Waals surface area contributed by atoms with Crippen molar-refractivity contribution in [3.63, 3.8) is 0 Å². The molecule has 3 nitrogen and oxygen atoms in total. The average molecular weight is 258 g/mol. The van der Waals surface area contributed by atoms with E-state index in [-0.39, 0.29) is 5.91 Å². The SMILES string of the molecule is O=C(NCCc1ccccc1)c1ccc[nH]c1=S. The van der Waals surface area contributed by atoms with Crippen molar-refractivity contribution >= 4 is 18.1 Å². The van der Waals surface area contributed by atoms with Crippen LogP contribution in [0.5, 0.6) is 0 Å². The topological polar surface area (TPSA) is 44.9 Å². The quantitative estimate of drug-likeness (QED) is 0.828. The van der Waals surface area contributed by atoms with E-state index in [0.717, 1.165) is 6.42 Å². The number of carbonyl (C=O) groups excluding carboxylic acids is 1. The van der Waals surface area contributed by atoms with Crippen molar-refractivity contribution < 1.29 is 4.79 Å². The molecule has 92 valence electrons. The fourth-order valence-electron chi connectivity index (χ4n) is 1.66. The molecule has 2 N–H and O–H groups in total. The number of aromatic amines is 1. The van der Waals surface area contributed by atoms with Crippen molar-refractivity contribution in [3.8, 4) is 0 Å². The molecule has 0 aliphatic rings. The molecule has 0 aliphatic carbocycles. The molecule has 1 amide bonds. The molecule has 1 aromatic heterocycles. The smallest absolute Gasteiger partial charge is 0.254 e. The number of amides is 1. The standard InChI is InChI=1S/C14H14N2OS/c17-13(12-7-4-9-16-14(12)18)15-10-8-11-5-2-1-3-6-11/h1-7,9H,8,10H2,(H,15,17)(H,16,18). The molecule has 0 aliphatic heterocycles. The van der Waals surface area contributed by atoms with Crippen LogP contribution < -0.4 is 5.32 Å². The molecule has 0 spiro atoms. The van der Waals surface area contributed by atoms with E-state index in [1.807, 2.05) is 30.3 Å². The molecule has 1 aromatic carbocycles. The summed E-state index contributed by atoms with van der Waals surface area (Å²) >= 11 is 5.06. The molecule has 18 heavy (non-hydrogen) atoms. The zero-order chi connectivity index (χ0) is 12.8. The second-order valence-corrected chi connectivity index (χ2v) is 4.31. The molecule has 0 atom stereocenters. The van der Waals surface area contributed by atoms with E-state index in [9.17, 15) is 4.79 Å². The third kappa shape index (κ3) is 3.28. The summed E-state index contributed by atoms with van der Waals surface area (Å²) in [5.41, 5.74) is 1.72. The van der Waals surface area contributed by atoms with Gasteiger partial charge in [-0.05, 0) is 24.1 Å². The van der Waals surface area contributed by atoms with Gasteiger partial charge in [-0.2, -0.15) is 0 Å². The Morgan fingerprint density at radius 2 is 1.94 bits per heavy atom. The highest BCUT2D eigenvalue weighted by atomic mass is 32.1. The van der Waals surface area contributed by atoms with Crippen LogP contribution in [0.15, 0.2) is 48.7 Å². The summed E-state index contributed by atoms with van der Waals surface area (Å²) in [6.45, 7) is 0.604. The van der Waals surface area contributed by atoms with Crippen LogP contribution in [0, 0.1) is 4.64 Å². The minimum absolute atomic E-state index is 0.132. The summed E-state index contributed by atoms with van der Waals surface area (Å²) in [5.74, 6) is -0.132. The molecule has 0 unspecified atom stereocenters. The monoisotopic (exact) mass is 258 g/mol. The van der Waals surface area contributed by atoms with Crippen molar-refractivity contribution in [1.82, 2.24) is 10.3 Å². The normalized spacial score (nSPS) is 10.0. The summed E-state index contributed by atoms with van der Waals surface area (Å²) in [6, 6.07) is 13.5. The number of pyridine rings is 1. The van der Waals surface area contributed by atoms with Gasteiger partial charge in [-0.25, -0.2) is 0 Å². The molecule has 0 fully saturated rings. The van der Waals surface area contributed by atoms with Crippen LogP contribution in [0.3, 0.4) is 0 Å². The molecule has 2 rings (SSSR count). The number of H-pyrrole nitrogens is 1. The van der Waals surface area contributed by atoms with E-state index in [4.69, 9.17) is 12.2 Å². The van der Waals surface area contributed by atoms with Crippen LogP contribution in [0.1, 0.15) is 15.9 Å². The predicted molar refractivity (Wildman–Crippen MR) is 74.1 cm³/mol. The maximum Gasteiger partial charge on any atom is 0.254 e. The van der Waals surface area contributed by atoms with Crippen LogP contribution in [-0.2, 0) is 6.42 Å². The first-order valence-corrected chi connectivity index (χ1v) is 6.18. The van der Waals surface area contributed by atoms with E-state index >= 15 is 0 Å². The Morgan fingerprint density at radius 1 is 1.17 bits per heavy atom. The summed E-state index contributed by atoms with van der Waals surface area (Å²) in [6.07, 6.45) is 2.53. The van der Waals surface area contributed by atoms with Gasteiger partial charge in [0.1, 0.15) is 4.64 Å². The van der Waals surface area contributed by atoms with Gasteiger partial charge in [0.25, 0.3) is 5.91 Å². The number of hydrogen-bond acceptors (Lipinski definition) is 2. The number of hydrogen-bond donors (Lipinski definition) is 2. The van der Waals surface area contributed by atoms with E-state index in [2.05, 4.69) is 10.3 Å². The summed E-state index contributed by atoms with van der Waals surface area (Å²) < 4.78 is 0.467. The maximum absolute atomic E-state index is 11.9. The molecule has 0 saturated carbocycles. The molecule has 0 saturated heterocycles. The fraction of sp³-hybridized carbons (Fsp3) is 0.143. The lowest BCUT2D eigenvalue weighted by atomic mass is 10.1. The average Bonchev–Trinajstić information content (AvgIpc) is 2.40. The lowest BCUT2D eigenvalue weighted by Gasteiger charge is -2.05. The number of carbonyl (C=O) groups is 1. The molecule has 0 radical (unpaired) electrons. The summed E-state index contributed by atoms with van der Waals surface area (Å²) in [7, 11) is 0. The predicted octanol–water partition coefficient (Wildman–Crippen LogP) is 2.72. The highest BCUT2D eigenvalue weighted by molar-refractivity contribution is 7.71. The van der Waals surface area contributed by atoms with Gasteiger partial charge < -0.3 is 10.3 Å². The highest BCUT2D eigenvalue weighted by Crippen LogP contribution is 2.01. The van der Waals surface area contributed by atoms with Crippen LogP contribution in [0.4, 0.5) is 0 Å². The number of rotatable bonds is 4. The number of benzene rings is 1. The number of aromatic nitrogens is 1. The Hall–Kier alpha value is -1.94. The fourth-order valence-corrected chi connectivity index (χ4v) is 1.89. The summed E-state index contributed by atoms with van der Waals surface area (Å²) in [4.78, 5) is 14.7. The Labute approximate surface area is 111 Å². The number of nitrogens with one attached hydrogen (secondary N) is 2. The van der Waals surface area contributed by atoms with E-state index < -0.39 is 0 Å². The van der Waals surface area contributed by atoms with E-state index in [1.54, 1.807) is 18.3 Å². The van der Waals surface area contributed by atoms with Crippen LogP contribution >= 0.6 is 12.2 Å². The van der Waals surface area contributed by atoms with Gasteiger partial charge >= 0.3 is 0 Å². The molecule has 2 aromatic rings. The lowest BCUT2D eigenvalue weighted by Crippen LogP contribution is -2.26. The zero-order valence-corrected chi connectivity index (χ0v) is 10.7. The second kappa shape index (κ2) is 6.12. The third-order valence-electron chi connectivity index (χ3n) is 2.60. The zero-order valence-electron chi connectivity index (χ0n) is 9.85. The maximum atomic E-state index is 11.9. The van der Waals surface area contributed by atoms with Crippen molar-refractivity contribution in [3.05, 3.63) is 64.4 Å². The van der Waals surface area contributed by atoms with Crippen molar-refractivity contribution in [2.24, 2.45) is 0 Å². The molecular weight excluding hydrogens is 244 g/mol. The van der Waals surface area contributed by atoms with Gasteiger partial charge in [-0.15, -0.1) is 0 Å². The molecule has 1 heterocycles. The third-order valence-corrected chi connectivity index (χ3v) is 2.94. The molecule has 0 bridgehead atoms. The lowest BCUT2D eigenvalue weighted by molar-refractivity contribution is 0.0953. The van der Waals surface area contributed by atoms with Gasteiger partial charge in [0.15, 0.2) is 0 Å². The van der Waals surface area contributed by atoms with Crippen molar-refractivity contribution in [1.29, 1.82) is 0 Å². The van der Waals surface area contributed by atoms with Crippen LogP contribution in [-0.4, -0.2) is 17.4 Å². The first-order valence-electron chi connectivity index (χ1n) is 5.77. The van der Waals surface area contributed by atoms with Gasteiger partial charge in [0, 0.05) is 12.7 Å². The summed E-state index contributed by atoms with van der Waals surface area (Å²) in [5, 5.41) is 2.86. The minimum Gasteiger partial charge on any atom is -0.352 e. The second-order valence-electron chi connectivity index (χ2n) is 3.90. The molecular formula is C14H14N2OS. The van der Waals surface area contributed by atoms with Gasteiger partial charge in [-0.3, -0.25) is 4.79 Å². The Morgan fingerprint density at radius 3 is 2.67 bits per heavy atom. The molecule has 4 heteroatoms. The first kappa shape index (κ1) is 12.5. The Balaban J connectivity index is 1.90. The largest absolute Gasteiger partial charge is 0.352 e. The Bertz CT molecular complexity index is 578. The minimum atomic E-state index is -0.132. The highest BCUT2D eigenvalue weighted by Gasteiger charge is 2.05.